The van der Waals surface area contributed by atoms with Gasteiger partial charge in [0, 0.05) is 6.42 Å². The van der Waals surface area contributed by atoms with Crippen molar-refractivity contribution in [2.75, 3.05) is 10.0 Å². The van der Waals surface area contributed by atoms with Crippen LogP contribution in [0.3, 0.4) is 0 Å². The minimum absolute atomic E-state index is 0.0643. The third-order valence-electron chi connectivity index (χ3n) is 2.89. The van der Waals surface area contributed by atoms with Crippen LogP contribution < -0.4 is 10.0 Å². The maximum absolute atomic E-state index is 12.9. The lowest BCUT2D eigenvalue weighted by Crippen LogP contribution is -2.16. The summed E-state index contributed by atoms with van der Waals surface area (Å²) in [6, 6.07) is 10.9. The second kappa shape index (κ2) is 6.57. The average Bonchev–Trinajstić information content (AvgIpc) is 2.49. The third-order valence-corrected chi connectivity index (χ3v) is 4.27. The van der Waals surface area contributed by atoms with Gasteiger partial charge in [-0.25, -0.2) is 12.8 Å². The van der Waals surface area contributed by atoms with Crippen LogP contribution in [0.4, 0.5) is 15.8 Å². The molecule has 0 aromatic heterocycles. The van der Waals surface area contributed by atoms with E-state index in [2.05, 4.69) is 10.0 Å². The van der Waals surface area contributed by atoms with E-state index in [0.717, 1.165) is 12.1 Å². The lowest BCUT2D eigenvalue weighted by molar-refractivity contribution is -0.115. The van der Waals surface area contributed by atoms with Crippen molar-refractivity contribution in [3.05, 3.63) is 54.3 Å². The molecule has 0 unspecified atom stereocenters. The first-order valence-electron chi connectivity index (χ1n) is 6.59. The van der Waals surface area contributed by atoms with Crippen molar-refractivity contribution < 1.29 is 17.6 Å². The Morgan fingerprint density at radius 2 is 1.64 bits per heavy atom. The van der Waals surface area contributed by atoms with Gasteiger partial charge < -0.3 is 5.32 Å². The maximum atomic E-state index is 12.9. The van der Waals surface area contributed by atoms with E-state index in [4.69, 9.17) is 0 Å². The van der Waals surface area contributed by atoms with E-state index >= 15 is 0 Å². The summed E-state index contributed by atoms with van der Waals surface area (Å²) in [6.45, 7) is 1.70. The van der Waals surface area contributed by atoms with Crippen LogP contribution in [0.2, 0.25) is 0 Å². The van der Waals surface area contributed by atoms with Gasteiger partial charge in [-0.1, -0.05) is 19.1 Å². The molecule has 0 aliphatic heterocycles. The molecule has 22 heavy (non-hydrogen) atoms. The zero-order valence-corrected chi connectivity index (χ0v) is 12.7. The van der Waals surface area contributed by atoms with Crippen LogP contribution in [0, 0.1) is 5.82 Å². The molecule has 0 aliphatic rings. The molecule has 7 heteroatoms. The second-order valence-corrected chi connectivity index (χ2v) is 6.19. The number of sulfonamides is 1. The van der Waals surface area contributed by atoms with Crippen molar-refractivity contribution in [1.29, 1.82) is 0 Å². The normalized spacial score (nSPS) is 11.0. The van der Waals surface area contributed by atoms with Gasteiger partial charge in [-0.15, -0.1) is 0 Å². The molecule has 116 valence electrons. The number of anilines is 2. The molecule has 0 aliphatic carbocycles. The largest absolute Gasteiger partial charge is 0.324 e. The molecular weight excluding hydrogens is 307 g/mol. The van der Waals surface area contributed by atoms with Crippen LogP contribution in [0.5, 0.6) is 0 Å². The van der Waals surface area contributed by atoms with Crippen molar-refractivity contribution >= 4 is 27.3 Å². The number of rotatable bonds is 5. The number of benzene rings is 2. The first-order chi connectivity index (χ1) is 10.4. The topological polar surface area (TPSA) is 75.3 Å². The van der Waals surface area contributed by atoms with Crippen molar-refractivity contribution in [1.82, 2.24) is 0 Å². The Labute approximate surface area is 128 Å². The van der Waals surface area contributed by atoms with E-state index in [0.29, 0.717) is 5.69 Å². The number of carbonyl (C=O) groups is 1. The highest BCUT2D eigenvalue weighted by Crippen LogP contribution is 2.24. The highest BCUT2D eigenvalue weighted by molar-refractivity contribution is 7.92. The Balaban J connectivity index is 2.30. The number of nitrogens with one attached hydrogen (secondary N) is 2. The summed E-state index contributed by atoms with van der Waals surface area (Å²) in [6.07, 6.45) is 0.277. The minimum Gasteiger partial charge on any atom is -0.324 e. The van der Waals surface area contributed by atoms with Gasteiger partial charge in [0.15, 0.2) is 0 Å². The standard InChI is InChI=1S/C15H15FN2O3S/c1-2-15(19)17-13-5-3-4-6-14(13)18-22(20,21)12-9-7-11(16)8-10-12/h3-10,18H,2H2,1H3,(H,17,19). The number of halogens is 1. The smallest absolute Gasteiger partial charge is 0.261 e. The van der Waals surface area contributed by atoms with Crippen molar-refractivity contribution in [3.8, 4) is 0 Å². The number of hydrogen-bond donors (Lipinski definition) is 2. The van der Waals surface area contributed by atoms with Gasteiger partial charge in [0.05, 0.1) is 16.3 Å². The average molecular weight is 322 g/mol. The Morgan fingerprint density at radius 3 is 2.23 bits per heavy atom. The molecule has 0 spiro atoms. The predicted octanol–water partition coefficient (Wildman–Crippen LogP) is 2.98. The summed E-state index contributed by atoms with van der Waals surface area (Å²) >= 11 is 0. The summed E-state index contributed by atoms with van der Waals surface area (Å²) in [7, 11) is -3.86. The van der Waals surface area contributed by atoms with Crippen molar-refractivity contribution in [2.24, 2.45) is 0 Å². The molecule has 2 aromatic carbocycles. The maximum Gasteiger partial charge on any atom is 0.261 e. The summed E-state index contributed by atoms with van der Waals surface area (Å²) in [5.41, 5.74) is 0.605. The molecule has 2 rings (SSSR count). The zero-order chi connectivity index (χ0) is 16.2. The van der Waals surface area contributed by atoms with Crippen molar-refractivity contribution in [2.45, 2.75) is 18.2 Å². The lowest BCUT2D eigenvalue weighted by atomic mass is 10.2. The third kappa shape index (κ3) is 3.82. The molecule has 0 fully saturated rings. The van der Waals surface area contributed by atoms with E-state index in [1.54, 1.807) is 25.1 Å². The van der Waals surface area contributed by atoms with Crippen LogP contribution in [-0.4, -0.2) is 14.3 Å². The number of para-hydroxylation sites is 2. The SMILES string of the molecule is CCC(=O)Nc1ccccc1NS(=O)(=O)c1ccc(F)cc1. The van der Waals surface area contributed by atoms with Crippen LogP contribution >= 0.6 is 0 Å². The van der Waals surface area contributed by atoms with Gasteiger partial charge in [0.1, 0.15) is 5.82 Å². The van der Waals surface area contributed by atoms with E-state index < -0.39 is 15.8 Å². The molecule has 5 nitrogen and oxygen atoms in total. The Bertz CT molecular complexity index is 774. The van der Waals surface area contributed by atoms with Crippen LogP contribution in [0.15, 0.2) is 53.4 Å². The van der Waals surface area contributed by atoms with Gasteiger partial charge in [-0.2, -0.15) is 0 Å². The monoisotopic (exact) mass is 322 g/mol. The number of hydrogen-bond acceptors (Lipinski definition) is 3. The van der Waals surface area contributed by atoms with E-state index in [1.807, 2.05) is 0 Å². The quantitative estimate of drug-likeness (QED) is 0.888. The van der Waals surface area contributed by atoms with Crippen LogP contribution in [0.1, 0.15) is 13.3 Å². The molecule has 0 heterocycles. The van der Waals surface area contributed by atoms with Gasteiger partial charge >= 0.3 is 0 Å². The van der Waals surface area contributed by atoms with Gasteiger partial charge in [-0.05, 0) is 36.4 Å². The van der Waals surface area contributed by atoms with Gasteiger partial charge in [0.25, 0.3) is 10.0 Å². The fourth-order valence-corrected chi connectivity index (χ4v) is 2.82. The highest BCUT2D eigenvalue weighted by Gasteiger charge is 2.16. The molecule has 2 aromatic rings. The highest BCUT2D eigenvalue weighted by atomic mass is 32.2. The Hall–Kier alpha value is -2.41. The van der Waals surface area contributed by atoms with Crippen molar-refractivity contribution in [3.63, 3.8) is 0 Å². The Kier molecular flexibility index (Phi) is 4.77. The van der Waals surface area contributed by atoms with Gasteiger partial charge in [-0.3, -0.25) is 9.52 Å². The fourth-order valence-electron chi connectivity index (χ4n) is 1.74. The molecule has 2 N–H and O–H groups in total. The lowest BCUT2D eigenvalue weighted by Gasteiger charge is -2.13. The fraction of sp³-hybridized carbons (Fsp3) is 0.133. The number of amides is 1. The summed E-state index contributed by atoms with van der Waals surface area (Å²) in [5, 5.41) is 2.62. The number of carbonyl (C=O) groups excluding carboxylic acids is 1. The molecule has 1 amide bonds. The van der Waals surface area contributed by atoms with E-state index in [-0.39, 0.29) is 22.9 Å². The predicted molar refractivity (Wildman–Crippen MR) is 82.6 cm³/mol. The summed E-state index contributed by atoms with van der Waals surface area (Å²) in [5.74, 6) is -0.747. The molecule has 0 radical (unpaired) electrons. The zero-order valence-electron chi connectivity index (χ0n) is 11.8. The molecule has 0 bridgehead atoms. The molecular formula is C15H15FN2O3S. The van der Waals surface area contributed by atoms with Crippen LogP contribution in [-0.2, 0) is 14.8 Å². The van der Waals surface area contributed by atoms with Crippen LogP contribution in [0.25, 0.3) is 0 Å². The summed E-state index contributed by atoms with van der Waals surface area (Å²) in [4.78, 5) is 11.4. The summed E-state index contributed by atoms with van der Waals surface area (Å²) < 4.78 is 39.8. The molecule has 0 saturated carbocycles. The first-order valence-corrected chi connectivity index (χ1v) is 8.08. The second-order valence-electron chi connectivity index (χ2n) is 4.51. The van der Waals surface area contributed by atoms with E-state index in [9.17, 15) is 17.6 Å². The first kappa shape index (κ1) is 16.0. The minimum atomic E-state index is -3.86. The van der Waals surface area contributed by atoms with E-state index in [1.165, 1.54) is 18.2 Å². The van der Waals surface area contributed by atoms with Gasteiger partial charge in [0.2, 0.25) is 5.91 Å². The molecule has 0 atom stereocenters. The molecule has 0 saturated heterocycles. The Morgan fingerprint density at radius 1 is 1.05 bits per heavy atom.